The summed E-state index contributed by atoms with van der Waals surface area (Å²) in [5.74, 6) is 2.90. The number of hydrogen-bond acceptors (Lipinski definition) is 6. The molecule has 0 radical (unpaired) electrons. The van der Waals surface area contributed by atoms with Gasteiger partial charge in [0.05, 0.1) is 43.2 Å². The van der Waals surface area contributed by atoms with Crippen LogP contribution in [0.2, 0.25) is 0 Å². The molecule has 0 aliphatic carbocycles. The predicted molar refractivity (Wildman–Crippen MR) is 124 cm³/mol. The van der Waals surface area contributed by atoms with E-state index in [2.05, 4.69) is 10.9 Å². The fraction of sp³-hybridized carbons (Fsp3) is 0.208. The first-order valence-electron chi connectivity index (χ1n) is 9.73. The maximum atomic E-state index is 12.5. The lowest BCUT2D eigenvalue weighted by molar-refractivity contribution is -0.113. The fourth-order valence-electron chi connectivity index (χ4n) is 3.00. The van der Waals surface area contributed by atoms with E-state index in [1.54, 1.807) is 68.2 Å². The van der Waals surface area contributed by atoms with E-state index in [1.807, 2.05) is 0 Å². The van der Waals surface area contributed by atoms with E-state index < -0.39 is 11.9 Å². The van der Waals surface area contributed by atoms with Crippen LogP contribution in [0.3, 0.4) is 0 Å². The maximum Gasteiger partial charge on any atom is 0.338 e. The lowest BCUT2D eigenvalue weighted by atomic mass is 10.2. The van der Waals surface area contributed by atoms with Gasteiger partial charge in [0.15, 0.2) is 16.3 Å². The molecule has 32 heavy (non-hydrogen) atoms. The van der Waals surface area contributed by atoms with Gasteiger partial charge in [-0.25, -0.2) is 4.79 Å². The monoisotopic (exact) mass is 450 g/mol. The number of aromatic nitrogens is 1. The van der Waals surface area contributed by atoms with Crippen molar-refractivity contribution in [2.24, 2.45) is 4.99 Å². The second kappa shape index (κ2) is 10.5. The van der Waals surface area contributed by atoms with E-state index >= 15 is 0 Å². The van der Waals surface area contributed by atoms with Crippen LogP contribution < -0.4 is 14.3 Å². The Labute approximate surface area is 189 Å². The fourth-order valence-corrected chi connectivity index (χ4v) is 4.07. The van der Waals surface area contributed by atoms with Crippen LogP contribution >= 0.6 is 11.3 Å². The molecule has 1 aromatic heterocycles. The van der Waals surface area contributed by atoms with Crippen molar-refractivity contribution < 1.29 is 23.8 Å². The van der Waals surface area contributed by atoms with E-state index in [-0.39, 0.29) is 6.54 Å². The smallest absolute Gasteiger partial charge is 0.338 e. The molecule has 3 aromatic rings. The number of amides is 1. The molecule has 7 nitrogen and oxygen atoms in total. The molecule has 3 rings (SSSR count). The van der Waals surface area contributed by atoms with Gasteiger partial charge in [-0.2, -0.15) is 4.99 Å². The summed E-state index contributed by atoms with van der Waals surface area (Å²) < 4.78 is 18.1. The Bertz CT molecular complexity index is 1290. The highest BCUT2D eigenvalue weighted by Crippen LogP contribution is 2.28. The lowest BCUT2D eigenvalue weighted by Gasteiger charge is -2.07. The highest BCUT2D eigenvalue weighted by atomic mass is 32.1. The average molecular weight is 451 g/mol. The quantitative estimate of drug-likeness (QED) is 0.312. The summed E-state index contributed by atoms with van der Waals surface area (Å²) in [6, 6.07) is 10.5. The Kier molecular flexibility index (Phi) is 7.47. The molecule has 0 spiro atoms. The van der Waals surface area contributed by atoms with E-state index in [4.69, 9.17) is 20.6 Å². The summed E-state index contributed by atoms with van der Waals surface area (Å²) in [5, 5.41) is 0. The molecular weight excluding hydrogens is 428 g/mol. The highest BCUT2D eigenvalue weighted by Gasteiger charge is 2.12. The van der Waals surface area contributed by atoms with Crippen LogP contribution in [0.15, 0.2) is 47.5 Å². The van der Waals surface area contributed by atoms with E-state index in [1.165, 1.54) is 17.4 Å². The molecule has 2 aromatic carbocycles. The zero-order chi connectivity index (χ0) is 23.1. The number of hydrogen-bond donors (Lipinski definition) is 0. The van der Waals surface area contributed by atoms with Crippen LogP contribution in [0.25, 0.3) is 16.3 Å². The van der Waals surface area contributed by atoms with Crippen LogP contribution in [0.4, 0.5) is 0 Å². The van der Waals surface area contributed by atoms with Crippen LogP contribution in [0.5, 0.6) is 11.5 Å². The van der Waals surface area contributed by atoms with Crippen molar-refractivity contribution >= 4 is 39.5 Å². The van der Waals surface area contributed by atoms with Gasteiger partial charge in [0.2, 0.25) is 0 Å². The van der Waals surface area contributed by atoms with Crippen molar-refractivity contribution in [2.45, 2.75) is 13.5 Å². The van der Waals surface area contributed by atoms with Gasteiger partial charge >= 0.3 is 5.97 Å². The van der Waals surface area contributed by atoms with Crippen molar-refractivity contribution in [3.05, 3.63) is 58.4 Å². The van der Waals surface area contributed by atoms with Gasteiger partial charge in [0.1, 0.15) is 0 Å². The lowest BCUT2D eigenvalue weighted by Crippen LogP contribution is -2.15. The Hall–Kier alpha value is -3.83. The third kappa shape index (κ3) is 5.07. The van der Waals surface area contributed by atoms with E-state index in [0.29, 0.717) is 28.5 Å². The van der Waals surface area contributed by atoms with Crippen molar-refractivity contribution in [3.8, 4) is 23.8 Å². The number of terminal acetylenes is 1. The number of fused-ring (bicyclic) bond motifs is 1. The van der Waals surface area contributed by atoms with Gasteiger partial charge in [-0.05, 0) is 48.9 Å². The molecule has 0 N–H and O–H groups in total. The zero-order valence-electron chi connectivity index (χ0n) is 18.0. The number of carbonyl (C=O) groups is 2. The van der Waals surface area contributed by atoms with Gasteiger partial charge < -0.3 is 18.8 Å². The summed E-state index contributed by atoms with van der Waals surface area (Å²) in [7, 11) is 3.10. The minimum absolute atomic E-state index is 0.240. The number of methoxy groups -OCH3 is 2. The number of rotatable bonds is 7. The first-order chi connectivity index (χ1) is 15.5. The molecule has 1 heterocycles. The minimum Gasteiger partial charge on any atom is -0.493 e. The van der Waals surface area contributed by atoms with Gasteiger partial charge in [0, 0.05) is 6.08 Å². The van der Waals surface area contributed by atoms with Crippen molar-refractivity contribution in [1.82, 2.24) is 4.57 Å². The molecular formula is C24H22N2O5S. The first kappa shape index (κ1) is 22.8. The minimum atomic E-state index is -0.442. The van der Waals surface area contributed by atoms with Crippen LogP contribution in [-0.2, 0) is 16.1 Å². The normalized spacial score (nSPS) is 11.5. The van der Waals surface area contributed by atoms with Gasteiger partial charge in [0.25, 0.3) is 5.91 Å². The SMILES string of the molecule is C#CCn1c(=NC(=O)C=Cc2ccc(OC)c(OC)c2)sc2cc(C(=O)OCC)ccc21. The number of esters is 1. The van der Waals surface area contributed by atoms with Crippen molar-refractivity contribution in [3.63, 3.8) is 0 Å². The van der Waals surface area contributed by atoms with Crippen LogP contribution in [0.1, 0.15) is 22.8 Å². The van der Waals surface area contributed by atoms with Crippen molar-refractivity contribution in [2.75, 3.05) is 20.8 Å². The molecule has 0 aliphatic heterocycles. The molecule has 8 heteroatoms. The first-order valence-corrected chi connectivity index (χ1v) is 10.5. The van der Waals surface area contributed by atoms with Crippen LogP contribution in [-0.4, -0.2) is 37.3 Å². The van der Waals surface area contributed by atoms with Gasteiger partial charge in [-0.3, -0.25) is 4.79 Å². The number of thiazole rings is 1. The highest BCUT2D eigenvalue weighted by molar-refractivity contribution is 7.16. The largest absolute Gasteiger partial charge is 0.493 e. The average Bonchev–Trinajstić information content (AvgIpc) is 3.13. The van der Waals surface area contributed by atoms with E-state index in [9.17, 15) is 9.59 Å². The maximum absolute atomic E-state index is 12.5. The molecule has 0 bridgehead atoms. The summed E-state index contributed by atoms with van der Waals surface area (Å²) >= 11 is 1.28. The standard InChI is InChI=1S/C24H22N2O5S/c1-5-13-26-18-10-9-17(23(28)31-6-2)15-21(18)32-24(26)25-22(27)12-8-16-7-11-19(29-3)20(14-16)30-4/h1,7-12,14-15H,6,13H2,2-4H3. The number of ether oxygens (including phenoxy) is 3. The Morgan fingerprint density at radius 3 is 2.62 bits per heavy atom. The molecule has 164 valence electrons. The zero-order valence-corrected chi connectivity index (χ0v) is 18.8. The summed E-state index contributed by atoms with van der Waals surface area (Å²) in [6.07, 6.45) is 8.53. The Morgan fingerprint density at radius 2 is 1.94 bits per heavy atom. The molecule has 0 saturated carbocycles. The third-order valence-corrected chi connectivity index (χ3v) is 5.52. The molecule has 0 aliphatic rings. The topological polar surface area (TPSA) is 79.1 Å². The second-order valence-corrected chi connectivity index (χ2v) is 7.48. The van der Waals surface area contributed by atoms with Crippen molar-refractivity contribution in [1.29, 1.82) is 0 Å². The number of carbonyl (C=O) groups excluding carboxylic acids is 2. The Morgan fingerprint density at radius 1 is 1.16 bits per heavy atom. The number of benzene rings is 2. The summed E-state index contributed by atoms with van der Waals surface area (Å²) in [5.41, 5.74) is 1.98. The van der Waals surface area contributed by atoms with Crippen LogP contribution in [0, 0.1) is 12.3 Å². The van der Waals surface area contributed by atoms with E-state index in [0.717, 1.165) is 15.8 Å². The predicted octanol–water partition coefficient (Wildman–Crippen LogP) is 3.67. The van der Waals surface area contributed by atoms with Gasteiger partial charge in [-0.15, -0.1) is 6.42 Å². The number of nitrogens with zero attached hydrogens (tertiary/aromatic N) is 2. The molecule has 0 saturated heterocycles. The molecule has 1 amide bonds. The molecule has 0 fully saturated rings. The third-order valence-electron chi connectivity index (χ3n) is 4.48. The molecule has 0 unspecified atom stereocenters. The molecule has 0 atom stereocenters. The second-order valence-electron chi connectivity index (χ2n) is 6.48. The Balaban J connectivity index is 1.94. The summed E-state index contributed by atoms with van der Waals surface area (Å²) in [6.45, 7) is 2.28. The summed E-state index contributed by atoms with van der Waals surface area (Å²) in [4.78, 5) is 29.2. The van der Waals surface area contributed by atoms with Gasteiger partial charge in [-0.1, -0.05) is 23.3 Å².